The van der Waals surface area contributed by atoms with E-state index in [1.165, 1.54) is 0 Å². The molecular formula is C8H17N5. The van der Waals surface area contributed by atoms with Crippen molar-refractivity contribution < 1.29 is 0 Å². The third-order valence-corrected chi connectivity index (χ3v) is 1.69. The minimum absolute atomic E-state index is 0.0160. The van der Waals surface area contributed by atoms with E-state index in [9.17, 15) is 0 Å². The second-order valence-corrected chi connectivity index (χ2v) is 4.06. The quantitative estimate of drug-likeness (QED) is 0.727. The van der Waals surface area contributed by atoms with Crippen LogP contribution in [0.25, 0.3) is 0 Å². The Hall–Kier alpha value is -0.970. The third kappa shape index (κ3) is 2.77. The summed E-state index contributed by atoms with van der Waals surface area (Å²) in [6.07, 6.45) is 0. The highest BCUT2D eigenvalue weighted by Gasteiger charge is 2.19. The number of hydrogen-bond acceptors (Lipinski definition) is 4. The summed E-state index contributed by atoms with van der Waals surface area (Å²) in [7, 11) is 1.90. The van der Waals surface area contributed by atoms with Crippen LogP contribution in [0.1, 0.15) is 26.6 Å². The van der Waals surface area contributed by atoms with Crippen LogP contribution in [0.15, 0.2) is 0 Å². The molecule has 1 heterocycles. The molecule has 0 aliphatic heterocycles. The number of rotatable bonds is 3. The van der Waals surface area contributed by atoms with Gasteiger partial charge in [-0.05, 0) is 12.3 Å². The molecule has 0 saturated heterocycles. The summed E-state index contributed by atoms with van der Waals surface area (Å²) >= 11 is 0. The summed E-state index contributed by atoms with van der Waals surface area (Å²) in [6, 6.07) is 0. The molecule has 0 aliphatic carbocycles. The largest absolute Gasteiger partial charge is 0.318 e. The molecule has 1 N–H and O–H groups in total. The summed E-state index contributed by atoms with van der Waals surface area (Å²) in [5.74, 6) is 0.795. The molecule has 0 atom stereocenters. The summed E-state index contributed by atoms with van der Waals surface area (Å²) in [5.41, 5.74) is -0.0160. The van der Waals surface area contributed by atoms with Gasteiger partial charge in [-0.15, -0.1) is 10.2 Å². The SMILES string of the molecule is CNCCn1nnc(C(C)(C)C)n1. The average molecular weight is 183 g/mol. The molecule has 13 heavy (non-hydrogen) atoms. The Morgan fingerprint density at radius 3 is 2.54 bits per heavy atom. The Balaban J connectivity index is 2.64. The molecule has 1 aromatic rings. The molecule has 0 aromatic carbocycles. The highest BCUT2D eigenvalue weighted by Crippen LogP contribution is 2.15. The molecule has 74 valence electrons. The highest BCUT2D eigenvalue weighted by molar-refractivity contribution is 4.95. The first-order valence-electron chi connectivity index (χ1n) is 4.47. The summed E-state index contributed by atoms with van der Waals surface area (Å²) in [6.45, 7) is 7.85. The van der Waals surface area contributed by atoms with E-state index in [4.69, 9.17) is 0 Å². The monoisotopic (exact) mass is 183 g/mol. The van der Waals surface area contributed by atoms with Crippen LogP contribution in [0.4, 0.5) is 0 Å². The van der Waals surface area contributed by atoms with Gasteiger partial charge in [-0.2, -0.15) is 4.80 Å². The zero-order valence-corrected chi connectivity index (χ0v) is 8.70. The molecule has 1 aromatic heterocycles. The van der Waals surface area contributed by atoms with E-state index in [1.54, 1.807) is 4.80 Å². The van der Waals surface area contributed by atoms with Crippen molar-refractivity contribution in [1.29, 1.82) is 0 Å². The van der Waals surface area contributed by atoms with Crippen molar-refractivity contribution >= 4 is 0 Å². The lowest BCUT2D eigenvalue weighted by molar-refractivity contribution is 0.493. The van der Waals surface area contributed by atoms with Crippen molar-refractivity contribution in [3.8, 4) is 0 Å². The van der Waals surface area contributed by atoms with Crippen molar-refractivity contribution in [3.63, 3.8) is 0 Å². The van der Waals surface area contributed by atoms with E-state index in [0.29, 0.717) is 0 Å². The maximum absolute atomic E-state index is 4.27. The number of tetrazole rings is 1. The van der Waals surface area contributed by atoms with Crippen LogP contribution < -0.4 is 5.32 Å². The summed E-state index contributed by atoms with van der Waals surface area (Å²) < 4.78 is 0. The number of nitrogens with one attached hydrogen (secondary N) is 1. The molecule has 0 radical (unpaired) electrons. The van der Waals surface area contributed by atoms with E-state index in [0.717, 1.165) is 18.9 Å². The molecule has 0 amide bonds. The topological polar surface area (TPSA) is 55.6 Å². The maximum Gasteiger partial charge on any atom is 0.180 e. The van der Waals surface area contributed by atoms with Gasteiger partial charge in [0.2, 0.25) is 0 Å². The Labute approximate surface area is 78.5 Å². The lowest BCUT2D eigenvalue weighted by Gasteiger charge is -2.11. The van der Waals surface area contributed by atoms with Crippen LogP contribution in [-0.4, -0.2) is 33.8 Å². The zero-order valence-electron chi connectivity index (χ0n) is 8.70. The predicted molar refractivity (Wildman–Crippen MR) is 50.4 cm³/mol. The standard InChI is InChI=1S/C8H17N5/c1-8(2,3)7-10-12-13(11-7)6-5-9-4/h9H,5-6H2,1-4H3. The molecule has 0 fully saturated rings. The van der Waals surface area contributed by atoms with Crippen LogP contribution in [0.2, 0.25) is 0 Å². The fourth-order valence-corrected chi connectivity index (χ4v) is 0.850. The molecule has 5 nitrogen and oxygen atoms in total. The van der Waals surface area contributed by atoms with Gasteiger partial charge in [0.15, 0.2) is 5.82 Å². The second kappa shape index (κ2) is 3.83. The van der Waals surface area contributed by atoms with Gasteiger partial charge >= 0.3 is 0 Å². The zero-order chi connectivity index (χ0) is 9.90. The van der Waals surface area contributed by atoms with Gasteiger partial charge < -0.3 is 5.32 Å². The van der Waals surface area contributed by atoms with E-state index in [-0.39, 0.29) is 5.41 Å². The van der Waals surface area contributed by atoms with Gasteiger partial charge in [0.1, 0.15) is 0 Å². The second-order valence-electron chi connectivity index (χ2n) is 4.06. The van der Waals surface area contributed by atoms with Crippen LogP contribution >= 0.6 is 0 Å². The van der Waals surface area contributed by atoms with Crippen molar-refractivity contribution in [2.75, 3.05) is 13.6 Å². The van der Waals surface area contributed by atoms with E-state index in [2.05, 4.69) is 41.5 Å². The van der Waals surface area contributed by atoms with E-state index < -0.39 is 0 Å². The minimum Gasteiger partial charge on any atom is -0.318 e. The lowest BCUT2D eigenvalue weighted by atomic mass is 9.96. The summed E-state index contributed by atoms with van der Waals surface area (Å²) in [5, 5.41) is 15.3. The van der Waals surface area contributed by atoms with Crippen molar-refractivity contribution in [1.82, 2.24) is 25.5 Å². The molecule has 1 rings (SSSR count). The minimum atomic E-state index is -0.0160. The first-order valence-corrected chi connectivity index (χ1v) is 4.47. The third-order valence-electron chi connectivity index (χ3n) is 1.69. The van der Waals surface area contributed by atoms with Gasteiger partial charge in [-0.1, -0.05) is 20.8 Å². The Morgan fingerprint density at radius 2 is 2.08 bits per heavy atom. The van der Waals surface area contributed by atoms with Gasteiger partial charge in [0, 0.05) is 12.0 Å². The van der Waals surface area contributed by atoms with Crippen molar-refractivity contribution in [2.24, 2.45) is 0 Å². The van der Waals surface area contributed by atoms with Crippen LogP contribution in [0.5, 0.6) is 0 Å². The molecule has 0 aliphatic rings. The fourth-order valence-electron chi connectivity index (χ4n) is 0.850. The van der Waals surface area contributed by atoms with Crippen LogP contribution in [0, 0.1) is 0 Å². The number of hydrogen-bond donors (Lipinski definition) is 1. The Kier molecular flexibility index (Phi) is 2.98. The first-order chi connectivity index (χ1) is 6.04. The van der Waals surface area contributed by atoms with Gasteiger partial charge in [0.25, 0.3) is 0 Å². The van der Waals surface area contributed by atoms with Crippen molar-refractivity contribution in [2.45, 2.75) is 32.7 Å². The van der Waals surface area contributed by atoms with E-state index >= 15 is 0 Å². The molecule has 0 unspecified atom stereocenters. The first kappa shape index (κ1) is 10.1. The summed E-state index contributed by atoms with van der Waals surface area (Å²) in [4.78, 5) is 1.62. The van der Waals surface area contributed by atoms with Crippen LogP contribution in [0.3, 0.4) is 0 Å². The number of nitrogens with zero attached hydrogens (tertiary/aromatic N) is 4. The Morgan fingerprint density at radius 1 is 1.38 bits per heavy atom. The fraction of sp³-hybridized carbons (Fsp3) is 0.875. The molecule has 0 spiro atoms. The van der Waals surface area contributed by atoms with Crippen molar-refractivity contribution in [3.05, 3.63) is 5.82 Å². The molecular weight excluding hydrogens is 166 g/mol. The molecule has 0 saturated carbocycles. The molecule has 5 heteroatoms. The average Bonchev–Trinajstić information content (AvgIpc) is 2.47. The number of aromatic nitrogens is 4. The predicted octanol–water partition coefficient (Wildman–Crippen LogP) is 0.190. The Bertz CT molecular complexity index is 260. The maximum atomic E-state index is 4.27. The van der Waals surface area contributed by atoms with Crippen LogP contribution in [-0.2, 0) is 12.0 Å². The number of likely N-dealkylation sites (N-methyl/N-ethyl adjacent to an activating group) is 1. The smallest absolute Gasteiger partial charge is 0.180 e. The normalized spacial score (nSPS) is 12.0. The van der Waals surface area contributed by atoms with E-state index in [1.807, 2.05) is 7.05 Å². The van der Waals surface area contributed by atoms with Gasteiger partial charge in [-0.25, -0.2) is 0 Å². The highest BCUT2D eigenvalue weighted by atomic mass is 15.6. The van der Waals surface area contributed by atoms with Gasteiger partial charge in [-0.3, -0.25) is 0 Å². The lowest BCUT2D eigenvalue weighted by Crippen LogP contribution is -2.18. The van der Waals surface area contributed by atoms with Gasteiger partial charge in [0.05, 0.1) is 6.54 Å². The molecule has 0 bridgehead atoms.